The molecule has 1 aromatic heterocycles. The Kier molecular flexibility index (Phi) is 4.54. The van der Waals surface area contributed by atoms with E-state index < -0.39 is 15.8 Å². The molecular formula is C14H16FN3O2S. The first-order valence-electron chi connectivity index (χ1n) is 6.41. The molecule has 1 aromatic carbocycles. The van der Waals surface area contributed by atoms with E-state index in [-0.39, 0.29) is 10.9 Å². The maximum Gasteiger partial charge on any atom is 0.238 e. The average molecular weight is 309 g/mol. The Morgan fingerprint density at radius 1 is 1.33 bits per heavy atom. The topological polar surface area (TPSA) is 85.1 Å². The van der Waals surface area contributed by atoms with Crippen LogP contribution in [0, 0.1) is 5.82 Å². The first kappa shape index (κ1) is 15.4. The van der Waals surface area contributed by atoms with Crippen molar-refractivity contribution < 1.29 is 12.8 Å². The number of halogens is 1. The molecule has 112 valence electrons. The zero-order chi connectivity index (χ0) is 15.5. The number of benzene rings is 1. The zero-order valence-corrected chi connectivity index (χ0v) is 12.3. The molecule has 0 fully saturated rings. The van der Waals surface area contributed by atoms with E-state index in [4.69, 9.17) is 5.14 Å². The molecule has 21 heavy (non-hydrogen) atoms. The van der Waals surface area contributed by atoms with Crippen LogP contribution in [0.5, 0.6) is 0 Å². The Hall–Kier alpha value is -1.99. The van der Waals surface area contributed by atoms with Gasteiger partial charge >= 0.3 is 0 Å². The van der Waals surface area contributed by atoms with Gasteiger partial charge in [-0.3, -0.25) is 4.98 Å². The minimum atomic E-state index is -3.74. The van der Waals surface area contributed by atoms with Crippen molar-refractivity contribution in [2.45, 2.75) is 24.3 Å². The number of nitrogens with one attached hydrogen (secondary N) is 1. The van der Waals surface area contributed by atoms with Crippen LogP contribution < -0.4 is 10.5 Å². The highest BCUT2D eigenvalue weighted by Gasteiger charge is 2.13. The van der Waals surface area contributed by atoms with Gasteiger partial charge in [-0.25, -0.2) is 17.9 Å². The zero-order valence-electron chi connectivity index (χ0n) is 11.5. The van der Waals surface area contributed by atoms with Gasteiger partial charge in [-0.05, 0) is 36.8 Å². The molecule has 7 heteroatoms. The highest BCUT2D eigenvalue weighted by molar-refractivity contribution is 7.89. The third kappa shape index (κ3) is 3.99. The number of aromatic nitrogens is 1. The van der Waals surface area contributed by atoms with E-state index in [0.717, 1.165) is 6.20 Å². The third-order valence-electron chi connectivity index (χ3n) is 3.02. The molecule has 0 saturated carbocycles. The van der Waals surface area contributed by atoms with Crippen LogP contribution in [0.25, 0.3) is 0 Å². The molecule has 0 saturated heterocycles. The highest BCUT2D eigenvalue weighted by Crippen LogP contribution is 2.22. The molecule has 1 unspecified atom stereocenters. The summed E-state index contributed by atoms with van der Waals surface area (Å²) in [5.41, 5.74) is 1.29. The van der Waals surface area contributed by atoms with Crippen LogP contribution in [0.1, 0.15) is 25.1 Å². The number of sulfonamides is 1. The second-order valence-electron chi connectivity index (χ2n) is 4.58. The quantitative estimate of drug-likeness (QED) is 0.888. The fourth-order valence-electron chi connectivity index (χ4n) is 1.94. The number of nitrogens with zero attached hydrogens (tertiary/aromatic N) is 1. The number of primary sulfonamides is 1. The van der Waals surface area contributed by atoms with Crippen molar-refractivity contribution in [1.29, 1.82) is 0 Å². The smallest absolute Gasteiger partial charge is 0.238 e. The SMILES string of the molecule is CCC(Nc1cccc(S(N)(=O)=O)c1)c1ccc(F)cn1. The molecular weight excluding hydrogens is 293 g/mol. The summed E-state index contributed by atoms with van der Waals surface area (Å²) in [7, 11) is -3.74. The summed E-state index contributed by atoms with van der Waals surface area (Å²) >= 11 is 0. The lowest BCUT2D eigenvalue weighted by Gasteiger charge is -2.18. The largest absolute Gasteiger partial charge is 0.377 e. The van der Waals surface area contributed by atoms with E-state index in [1.807, 2.05) is 6.92 Å². The van der Waals surface area contributed by atoms with Crippen molar-refractivity contribution in [3.8, 4) is 0 Å². The number of hydrogen-bond donors (Lipinski definition) is 2. The first-order chi connectivity index (χ1) is 9.90. The number of rotatable bonds is 5. The Balaban J connectivity index is 2.25. The molecule has 0 radical (unpaired) electrons. The van der Waals surface area contributed by atoms with E-state index >= 15 is 0 Å². The average Bonchev–Trinajstić information content (AvgIpc) is 2.45. The molecule has 3 N–H and O–H groups in total. The van der Waals surface area contributed by atoms with Crippen LogP contribution >= 0.6 is 0 Å². The minimum Gasteiger partial charge on any atom is -0.377 e. The Labute approximate surface area is 123 Å². The van der Waals surface area contributed by atoms with Crippen LogP contribution in [0.3, 0.4) is 0 Å². The maximum absolute atomic E-state index is 12.9. The van der Waals surface area contributed by atoms with Gasteiger partial charge in [0, 0.05) is 5.69 Å². The third-order valence-corrected chi connectivity index (χ3v) is 3.93. The summed E-state index contributed by atoms with van der Waals surface area (Å²) in [5, 5.41) is 8.28. The summed E-state index contributed by atoms with van der Waals surface area (Å²) in [4.78, 5) is 4.07. The van der Waals surface area contributed by atoms with Crippen LogP contribution in [0.2, 0.25) is 0 Å². The van der Waals surface area contributed by atoms with Crippen LogP contribution in [0.15, 0.2) is 47.5 Å². The van der Waals surface area contributed by atoms with E-state index in [1.54, 1.807) is 18.2 Å². The van der Waals surface area contributed by atoms with Gasteiger partial charge in [0.1, 0.15) is 5.82 Å². The Morgan fingerprint density at radius 3 is 2.67 bits per heavy atom. The summed E-state index contributed by atoms with van der Waals surface area (Å²) in [6.07, 6.45) is 1.86. The number of pyridine rings is 1. The lowest BCUT2D eigenvalue weighted by molar-refractivity contribution is 0.597. The molecule has 0 amide bonds. The summed E-state index contributed by atoms with van der Waals surface area (Å²) in [5.74, 6) is -0.398. The Bertz CT molecular complexity index is 717. The highest BCUT2D eigenvalue weighted by atomic mass is 32.2. The number of anilines is 1. The Morgan fingerprint density at radius 2 is 2.10 bits per heavy atom. The lowest BCUT2D eigenvalue weighted by Crippen LogP contribution is -2.14. The van der Waals surface area contributed by atoms with E-state index in [1.165, 1.54) is 18.2 Å². The van der Waals surface area contributed by atoms with Gasteiger partial charge in [-0.15, -0.1) is 0 Å². The van der Waals surface area contributed by atoms with Gasteiger partial charge < -0.3 is 5.32 Å². The molecule has 1 heterocycles. The molecule has 1 atom stereocenters. The number of nitrogens with two attached hydrogens (primary N) is 1. The normalized spacial score (nSPS) is 12.9. The number of hydrogen-bond acceptors (Lipinski definition) is 4. The summed E-state index contributed by atoms with van der Waals surface area (Å²) in [6, 6.07) is 9.02. The molecule has 0 aliphatic carbocycles. The van der Waals surface area contributed by atoms with Crippen LogP contribution in [-0.4, -0.2) is 13.4 Å². The molecule has 5 nitrogen and oxygen atoms in total. The standard InChI is InChI=1S/C14H16FN3O2S/c1-2-13(14-7-6-10(15)9-17-14)18-11-4-3-5-12(8-11)21(16,19)20/h3-9,13,18H,2H2,1H3,(H2,16,19,20). The van der Waals surface area contributed by atoms with E-state index in [9.17, 15) is 12.8 Å². The predicted molar refractivity (Wildman–Crippen MR) is 78.7 cm³/mol. The van der Waals surface area contributed by atoms with Crippen molar-refractivity contribution in [2.75, 3.05) is 5.32 Å². The summed E-state index contributed by atoms with van der Waals surface area (Å²) in [6.45, 7) is 1.95. The minimum absolute atomic E-state index is 0.0365. The summed E-state index contributed by atoms with van der Waals surface area (Å²) < 4.78 is 35.6. The van der Waals surface area contributed by atoms with Gasteiger partial charge in [0.05, 0.1) is 22.8 Å². The first-order valence-corrected chi connectivity index (χ1v) is 7.95. The van der Waals surface area contributed by atoms with Crippen LogP contribution in [0.4, 0.5) is 10.1 Å². The molecule has 0 aliphatic rings. The van der Waals surface area contributed by atoms with Gasteiger partial charge in [-0.1, -0.05) is 13.0 Å². The van der Waals surface area contributed by atoms with E-state index in [0.29, 0.717) is 17.8 Å². The molecule has 2 aromatic rings. The molecule has 0 spiro atoms. The second-order valence-corrected chi connectivity index (χ2v) is 6.14. The van der Waals surface area contributed by atoms with Gasteiger partial charge in [-0.2, -0.15) is 0 Å². The van der Waals surface area contributed by atoms with Crippen molar-refractivity contribution >= 4 is 15.7 Å². The maximum atomic E-state index is 12.9. The molecule has 0 aliphatic heterocycles. The van der Waals surface area contributed by atoms with Crippen molar-refractivity contribution in [2.24, 2.45) is 5.14 Å². The lowest BCUT2D eigenvalue weighted by atomic mass is 10.1. The molecule has 2 rings (SSSR count). The van der Waals surface area contributed by atoms with Crippen molar-refractivity contribution in [3.05, 3.63) is 54.1 Å². The second kappa shape index (κ2) is 6.19. The fourth-order valence-corrected chi connectivity index (χ4v) is 2.50. The fraction of sp³-hybridized carbons (Fsp3) is 0.214. The molecule has 0 bridgehead atoms. The monoisotopic (exact) mass is 309 g/mol. The van der Waals surface area contributed by atoms with Gasteiger partial charge in [0.25, 0.3) is 0 Å². The van der Waals surface area contributed by atoms with Gasteiger partial charge in [0.15, 0.2) is 0 Å². The van der Waals surface area contributed by atoms with Crippen LogP contribution in [-0.2, 0) is 10.0 Å². The van der Waals surface area contributed by atoms with Crippen molar-refractivity contribution in [3.63, 3.8) is 0 Å². The van der Waals surface area contributed by atoms with E-state index in [2.05, 4.69) is 10.3 Å². The van der Waals surface area contributed by atoms with Crippen molar-refractivity contribution in [1.82, 2.24) is 4.98 Å². The predicted octanol–water partition coefficient (Wildman–Crippen LogP) is 2.43. The van der Waals surface area contributed by atoms with Gasteiger partial charge in [0.2, 0.25) is 10.0 Å².